The van der Waals surface area contributed by atoms with Crippen LogP contribution in [0.1, 0.15) is 28.3 Å². The molecule has 8 heteroatoms. The van der Waals surface area contributed by atoms with Gasteiger partial charge in [0.15, 0.2) is 0 Å². The fourth-order valence-electron chi connectivity index (χ4n) is 3.59. The lowest BCUT2D eigenvalue weighted by Crippen LogP contribution is -2.49. The van der Waals surface area contributed by atoms with Crippen molar-refractivity contribution in [2.45, 2.75) is 32.5 Å². The van der Waals surface area contributed by atoms with E-state index >= 15 is 0 Å². The Balaban J connectivity index is 1.58. The van der Waals surface area contributed by atoms with Crippen molar-refractivity contribution < 1.29 is 9.53 Å². The maximum Gasteiger partial charge on any atom is 0.274 e. The van der Waals surface area contributed by atoms with Gasteiger partial charge >= 0.3 is 0 Å². The van der Waals surface area contributed by atoms with Gasteiger partial charge in [0.25, 0.3) is 5.91 Å². The van der Waals surface area contributed by atoms with Crippen molar-refractivity contribution >= 4 is 5.91 Å². The zero-order valence-electron chi connectivity index (χ0n) is 15.0. The third-order valence-corrected chi connectivity index (χ3v) is 5.09. The number of amides is 1. The number of carbonyl (C=O) groups is 1. The molecule has 1 saturated heterocycles. The molecular formula is C18H24N6O2. The average molecular weight is 356 g/mol. The van der Waals surface area contributed by atoms with Crippen LogP contribution in [-0.4, -0.2) is 74.3 Å². The molecule has 0 aliphatic carbocycles. The average Bonchev–Trinajstić information content (AvgIpc) is 3.04. The molecule has 0 N–H and O–H groups in total. The van der Waals surface area contributed by atoms with Crippen LogP contribution in [0.25, 0.3) is 0 Å². The third kappa shape index (κ3) is 3.61. The van der Waals surface area contributed by atoms with Crippen LogP contribution in [0, 0.1) is 6.92 Å². The Morgan fingerprint density at radius 2 is 2.08 bits per heavy atom. The molecule has 2 aliphatic heterocycles. The highest BCUT2D eigenvalue weighted by atomic mass is 16.5. The topological polar surface area (TPSA) is 76.4 Å². The van der Waals surface area contributed by atoms with Gasteiger partial charge in [-0.15, -0.1) is 0 Å². The SMILES string of the molecule is Cc1cnc(C(=O)N2Cc3ccnn3CC[C@@H]2CN2CCOCC2)cn1. The van der Waals surface area contributed by atoms with Crippen molar-refractivity contribution in [2.75, 3.05) is 32.8 Å². The number of fused-ring (bicyclic) bond motifs is 1. The molecule has 138 valence electrons. The second kappa shape index (κ2) is 7.51. The molecule has 0 aromatic carbocycles. The Morgan fingerprint density at radius 3 is 2.85 bits per heavy atom. The minimum absolute atomic E-state index is 0.0644. The van der Waals surface area contributed by atoms with Gasteiger partial charge in [0.05, 0.1) is 37.3 Å². The summed E-state index contributed by atoms with van der Waals surface area (Å²) in [4.78, 5) is 26.1. The first-order chi connectivity index (χ1) is 12.7. The molecule has 8 nitrogen and oxygen atoms in total. The Morgan fingerprint density at radius 1 is 1.23 bits per heavy atom. The molecule has 1 atom stereocenters. The number of aryl methyl sites for hydroxylation is 2. The molecule has 26 heavy (non-hydrogen) atoms. The molecule has 0 unspecified atom stereocenters. The fraction of sp³-hybridized carbons (Fsp3) is 0.556. The predicted octanol–water partition coefficient (Wildman–Crippen LogP) is 0.728. The van der Waals surface area contributed by atoms with Crippen molar-refractivity contribution in [1.82, 2.24) is 29.5 Å². The van der Waals surface area contributed by atoms with Crippen LogP contribution >= 0.6 is 0 Å². The van der Waals surface area contributed by atoms with Gasteiger partial charge in [-0.25, -0.2) is 4.98 Å². The van der Waals surface area contributed by atoms with E-state index in [1.54, 1.807) is 18.6 Å². The first-order valence-corrected chi connectivity index (χ1v) is 9.11. The smallest absolute Gasteiger partial charge is 0.274 e. The van der Waals surface area contributed by atoms with Gasteiger partial charge in [-0.05, 0) is 19.4 Å². The number of rotatable bonds is 3. The van der Waals surface area contributed by atoms with Gasteiger partial charge in [0.2, 0.25) is 0 Å². The van der Waals surface area contributed by atoms with E-state index in [4.69, 9.17) is 4.74 Å². The van der Waals surface area contributed by atoms with Crippen molar-refractivity contribution in [2.24, 2.45) is 0 Å². The van der Waals surface area contributed by atoms with Crippen LogP contribution in [0.2, 0.25) is 0 Å². The Kier molecular flexibility index (Phi) is 4.94. The highest BCUT2D eigenvalue weighted by Crippen LogP contribution is 2.20. The Hall–Kier alpha value is -2.32. The summed E-state index contributed by atoms with van der Waals surface area (Å²) in [6.07, 6.45) is 5.89. The largest absolute Gasteiger partial charge is 0.379 e. The summed E-state index contributed by atoms with van der Waals surface area (Å²) in [7, 11) is 0. The van der Waals surface area contributed by atoms with Gasteiger partial charge < -0.3 is 9.64 Å². The Bertz CT molecular complexity index is 753. The molecule has 2 aromatic heterocycles. The highest BCUT2D eigenvalue weighted by molar-refractivity contribution is 5.92. The van der Waals surface area contributed by atoms with E-state index in [0.29, 0.717) is 12.2 Å². The van der Waals surface area contributed by atoms with E-state index in [2.05, 4.69) is 20.0 Å². The van der Waals surface area contributed by atoms with Crippen LogP contribution in [0.3, 0.4) is 0 Å². The minimum atomic E-state index is -0.0644. The number of hydrogen-bond acceptors (Lipinski definition) is 6. The normalized spacial score (nSPS) is 21.3. The maximum absolute atomic E-state index is 13.2. The summed E-state index contributed by atoms with van der Waals surface area (Å²) < 4.78 is 7.45. The van der Waals surface area contributed by atoms with Crippen molar-refractivity contribution in [1.29, 1.82) is 0 Å². The van der Waals surface area contributed by atoms with Crippen LogP contribution in [0.4, 0.5) is 0 Å². The van der Waals surface area contributed by atoms with E-state index in [0.717, 1.165) is 57.2 Å². The third-order valence-electron chi connectivity index (χ3n) is 5.09. The van der Waals surface area contributed by atoms with Crippen molar-refractivity contribution in [3.8, 4) is 0 Å². The van der Waals surface area contributed by atoms with Gasteiger partial charge in [-0.2, -0.15) is 5.10 Å². The number of aromatic nitrogens is 4. The molecule has 0 radical (unpaired) electrons. The lowest BCUT2D eigenvalue weighted by molar-refractivity contribution is 0.0201. The maximum atomic E-state index is 13.2. The van der Waals surface area contributed by atoms with E-state index in [1.165, 1.54) is 0 Å². The number of carbonyl (C=O) groups excluding carboxylic acids is 1. The number of nitrogens with zero attached hydrogens (tertiary/aromatic N) is 6. The van der Waals surface area contributed by atoms with Crippen LogP contribution < -0.4 is 0 Å². The summed E-state index contributed by atoms with van der Waals surface area (Å²) >= 11 is 0. The number of morpholine rings is 1. The lowest BCUT2D eigenvalue weighted by atomic mass is 10.1. The molecule has 2 aliphatic rings. The molecule has 1 amide bonds. The fourth-order valence-corrected chi connectivity index (χ4v) is 3.59. The van der Waals surface area contributed by atoms with Crippen LogP contribution in [0.5, 0.6) is 0 Å². The zero-order chi connectivity index (χ0) is 17.9. The first kappa shape index (κ1) is 17.1. The van der Waals surface area contributed by atoms with E-state index in [1.807, 2.05) is 22.6 Å². The molecule has 0 saturated carbocycles. The molecule has 4 heterocycles. The molecule has 0 spiro atoms. The van der Waals surface area contributed by atoms with Crippen LogP contribution in [-0.2, 0) is 17.8 Å². The Labute approximate surface area is 152 Å². The standard InChI is InChI=1S/C18H24N6O2/c1-14-10-20-17(11-19-14)18(25)23-13-16-2-4-21-24(16)5-3-15(23)12-22-6-8-26-9-7-22/h2,4,10-11,15H,3,5-9,12-13H2,1H3/t15-/m1/s1. The van der Waals surface area contributed by atoms with Crippen molar-refractivity contribution in [3.05, 3.63) is 41.7 Å². The number of hydrogen-bond donors (Lipinski definition) is 0. The summed E-state index contributed by atoms with van der Waals surface area (Å²) in [6.45, 7) is 7.41. The van der Waals surface area contributed by atoms with E-state index in [-0.39, 0.29) is 11.9 Å². The van der Waals surface area contributed by atoms with Crippen molar-refractivity contribution in [3.63, 3.8) is 0 Å². The molecule has 1 fully saturated rings. The summed E-state index contributed by atoms with van der Waals surface area (Å²) in [6, 6.07) is 2.10. The van der Waals surface area contributed by atoms with E-state index in [9.17, 15) is 4.79 Å². The van der Waals surface area contributed by atoms with Gasteiger partial charge in [0, 0.05) is 44.6 Å². The lowest BCUT2D eigenvalue weighted by Gasteiger charge is -2.35. The molecule has 0 bridgehead atoms. The van der Waals surface area contributed by atoms with E-state index < -0.39 is 0 Å². The summed E-state index contributed by atoms with van der Waals surface area (Å²) in [5, 5.41) is 4.39. The number of ether oxygens (including phenoxy) is 1. The zero-order valence-corrected chi connectivity index (χ0v) is 15.0. The highest BCUT2D eigenvalue weighted by Gasteiger charge is 2.31. The van der Waals surface area contributed by atoms with Gasteiger partial charge in [0.1, 0.15) is 5.69 Å². The first-order valence-electron chi connectivity index (χ1n) is 9.11. The quantitative estimate of drug-likeness (QED) is 0.807. The predicted molar refractivity (Wildman–Crippen MR) is 94.5 cm³/mol. The summed E-state index contributed by atoms with van der Waals surface area (Å²) in [5.74, 6) is -0.0644. The molecule has 2 aromatic rings. The second-order valence-electron chi connectivity index (χ2n) is 6.88. The summed E-state index contributed by atoms with van der Waals surface area (Å²) in [5.41, 5.74) is 2.26. The molecule has 4 rings (SSSR count). The second-order valence-corrected chi connectivity index (χ2v) is 6.88. The van der Waals surface area contributed by atoms with Gasteiger partial charge in [-0.3, -0.25) is 19.4 Å². The van der Waals surface area contributed by atoms with Gasteiger partial charge in [-0.1, -0.05) is 0 Å². The monoisotopic (exact) mass is 356 g/mol. The van der Waals surface area contributed by atoms with Crippen LogP contribution in [0.15, 0.2) is 24.7 Å². The molecular weight excluding hydrogens is 332 g/mol. The minimum Gasteiger partial charge on any atom is -0.379 e.